The highest BCUT2D eigenvalue weighted by molar-refractivity contribution is 7.47. The molecule has 0 aromatic carbocycles. The minimum absolute atomic E-state index is 0.0723. The summed E-state index contributed by atoms with van der Waals surface area (Å²) in [7, 11) is -4.34. The maximum Gasteiger partial charge on any atom is 0.472 e. The van der Waals surface area contributed by atoms with Crippen molar-refractivity contribution in [1.29, 1.82) is 0 Å². The van der Waals surface area contributed by atoms with Crippen LogP contribution in [0.5, 0.6) is 0 Å². The third-order valence-corrected chi connectivity index (χ3v) is 9.18. The predicted molar refractivity (Wildman–Crippen MR) is 198 cm³/mol. The molecule has 0 heterocycles. The van der Waals surface area contributed by atoms with Crippen LogP contribution in [0.2, 0.25) is 0 Å². The van der Waals surface area contributed by atoms with E-state index in [1.165, 1.54) is 96.3 Å². The lowest BCUT2D eigenvalue weighted by molar-refractivity contribution is -0.123. The smallest absolute Gasteiger partial charge is 0.387 e. The minimum atomic E-state index is -4.34. The summed E-state index contributed by atoms with van der Waals surface area (Å²) in [5, 5.41) is 13.6. The molecule has 8 nitrogen and oxygen atoms in total. The Labute approximate surface area is 289 Å². The lowest BCUT2D eigenvalue weighted by atomic mass is 10.0. The van der Waals surface area contributed by atoms with E-state index in [4.69, 9.17) is 14.8 Å². The van der Waals surface area contributed by atoms with Crippen LogP contribution in [-0.2, 0) is 18.4 Å². The molecule has 0 aliphatic carbocycles. The highest BCUT2D eigenvalue weighted by Gasteiger charge is 2.26. The molecule has 9 heteroatoms. The molecule has 0 bridgehead atoms. The maximum absolute atomic E-state index is 12.7. The molecule has 276 valence electrons. The third-order valence-electron chi connectivity index (χ3n) is 8.20. The molecular formula is C38H73N2O6P. The number of carbonyl (C=O) groups excluding carboxylic acids is 1. The van der Waals surface area contributed by atoms with E-state index in [1.807, 2.05) is 6.08 Å². The van der Waals surface area contributed by atoms with Gasteiger partial charge in [0.15, 0.2) is 0 Å². The number of carbonyl (C=O) groups is 1. The molecular weight excluding hydrogens is 611 g/mol. The fraction of sp³-hybridized carbons (Fsp3) is 0.816. The van der Waals surface area contributed by atoms with Gasteiger partial charge in [0.25, 0.3) is 0 Å². The molecule has 0 fully saturated rings. The Kier molecular flexibility index (Phi) is 33.6. The zero-order valence-electron chi connectivity index (χ0n) is 30.3. The second-order valence-corrected chi connectivity index (χ2v) is 14.2. The number of hydrogen-bond donors (Lipinski definition) is 4. The summed E-state index contributed by atoms with van der Waals surface area (Å²) in [6.45, 7) is 4.04. The van der Waals surface area contributed by atoms with E-state index in [-0.39, 0.29) is 25.7 Å². The van der Waals surface area contributed by atoms with Crippen molar-refractivity contribution in [3.8, 4) is 0 Å². The Morgan fingerprint density at radius 3 is 1.62 bits per heavy atom. The molecule has 3 unspecified atom stereocenters. The van der Waals surface area contributed by atoms with Crippen LogP contribution >= 0.6 is 7.82 Å². The van der Waals surface area contributed by atoms with Gasteiger partial charge in [0.2, 0.25) is 5.91 Å². The molecule has 0 saturated carbocycles. The minimum Gasteiger partial charge on any atom is -0.387 e. The Hall–Kier alpha value is -1.28. The second-order valence-electron chi connectivity index (χ2n) is 12.8. The lowest BCUT2D eigenvalue weighted by Gasteiger charge is -2.23. The van der Waals surface area contributed by atoms with Crippen LogP contribution in [-0.4, -0.2) is 47.8 Å². The van der Waals surface area contributed by atoms with Crippen LogP contribution in [0.4, 0.5) is 0 Å². The van der Waals surface area contributed by atoms with Gasteiger partial charge < -0.3 is 21.1 Å². The average molecular weight is 685 g/mol. The summed E-state index contributed by atoms with van der Waals surface area (Å²) in [5.74, 6) is -0.210. The Bertz CT molecular complexity index is 835. The van der Waals surface area contributed by atoms with E-state index < -0.39 is 20.0 Å². The van der Waals surface area contributed by atoms with Gasteiger partial charge >= 0.3 is 7.82 Å². The van der Waals surface area contributed by atoms with E-state index in [9.17, 15) is 19.4 Å². The summed E-state index contributed by atoms with van der Waals surface area (Å²) in [6.07, 6.45) is 39.0. The van der Waals surface area contributed by atoms with Crippen LogP contribution in [0.25, 0.3) is 0 Å². The Balaban J connectivity index is 4.32. The van der Waals surface area contributed by atoms with Gasteiger partial charge in [0, 0.05) is 13.0 Å². The summed E-state index contributed by atoms with van der Waals surface area (Å²) in [4.78, 5) is 22.6. The number of phosphoric acid groups is 1. The number of allylic oxidation sites excluding steroid dienone is 5. The number of unbranched alkanes of at least 4 members (excludes halogenated alkanes) is 19. The van der Waals surface area contributed by atoms with Gasteiger partial charge in [-0.15, -0.1) is 0 Å². The number of rotatable bonds is 35. The normalized spacial score (nSPS) is 14.7. The van der Waals surface area contributed by atoms with Gasteiger partial charge in [-0.3, -0.25) is 13.8 Å². The molecule has 5 N–H and O–H groups in total. The standard InChI is InChI=1S/C38H73N2O6P/c1-3-5-7-9-11-13-15-17-18-19-20-22-24-26-28-30-32-38(42)40-36(35-46-47(43,44)45-34-33-39)37(41)31-29-27-25-23-21-16-14-12-10-8-6-4-2/h10,12,21,23,29,31,36-37,41H,3-9,11,13-20,22,24-28,30,32-35,39H2,1-2H3,(H,40,42)(H,43,44)/b12-10+,23-21+,31-29+. The zero-order valence-corrected chi connectivity index (χ0v) is 31.2. The highest BCUT2D eigenvalue weighted by atomic mass is 31.2. The van der Waals surface area contributed by atoms with Gasteiger partial charge in [0.1, 0.15) is 0 Å². The van der Waals surface area contributed by atoms with E-state index in [0.29, 0.717) is 6.42 Å². The van der Waals surface area contributed by atoms with Crippen molar-refractivity contribution in [2.75, 3.05) is 19.8 Å². The Morgan fingerprint density at radius 1 is 0.681 bits per heavy atom. The molecule has 0 spiro atoms. The quantitative estimate of drug-likeness (QED) is 0.0297. The molecule has 0 aromatic heterocycles. The van der Waals surface area contributed by atoms with Gasteiger partial charge in [-0.1, -0.05) is 159 Å². The predicted octanol–water partition coefficient (Wildman–Crippen LogP) is 10.00. The third kappa shape index (κ3) is 33.0. The van der Waals surface area contributed by atoms with Gasteiger partial charge in [-0.25, -0.2) is 4.57 Å². The van der Waals surface area contributed by atoms with Crippen molar-refractivity contribution in [3.63, 3.8) is 0 Å². The SMILES string of the molecule is CCCC/C=C/CC/C=C/CC/C=C/C(O)C(COP(=O)(O)OCCN)NC(=O)CCCCCCCCCCCCCCCCCC. The monoisotopic (exact) mass is 685 g/mol. The van der Waals surface area contributed by atoms with Crippen molar-refractivity contribution in [2.45, 2.75) is 180 Å². The first-order valence-electron chi connectivity index (χ1n) is 19.1. The van der Waals surface area contributed by atoms with Gasteiger partial charge in [0.05, 0.1) is 25.4 Å². The summed E-state index contributed by atoms with van der Waals surface area (Å²) in [5.41, 5.74) is 5.35. The largest absolute Gasteiger partial charge is 0.472 e. The fourth-order valence-electron chi connectivity index (χ4n) is 5.27. The molecule has 0 aliphatic heterocycles. The number of aliphatic hydroxyl groups excluding tert-OH is 1. The fourth-order valence-corrected chi connectivity index (χ4v) is 6.03. The van der Waals surface area contributed by atoms with Crippen molar-refractivity contribution in [2.24, 2.45) is 5.73 Å². The zero-order chi connectivity index (χ0) is 34.7. The Morgan fingerprint density at radius 2 is 1.13 bits per heavy atom. The number of nitrogens with two attached hydrogens (primary N) is 1. The molecule has 0 radical (unpaired) electrons. The molecule has 0 aromatic rings. The van der Waals surface area contributed by atoms with E-state index in [1.54, 1.807) is 6.08 Å². The van der Waals surface area contributed by atoms with Gasteiger partial charge in [-0.2, -0.15) is 0 Å². The lowest BCUT2D eigenvalue weighted by Crippen LogP contribution is -2.45. The topological polar surface area (TPSA) is 131 Å². The maximum atomic E-state index is 12.7. The van der Waals surface area contributed by atoms with Crippen molar-refractivity contribution >= 4 is 13.7 Å². The number of aliphatic hydroxyl groups is 1. The number of hydrogen-bond acceptors (Lipinski definition) is 6. The van der Waals surface area contributed by atoms with Crippen LogP contribution in [0.15, 0.2) is 36.5 Å². The molecule has 0 saturated heterocycles. The van der Waals surface area contributed by atoms with Crippen LogP contribution in [0.3, 0.4) is 0 Å². The molecule has 0 rings (SSSR count). The highest BCUT2D eigenvalue weighted by Crippen LogP contribution is 2.43. The van der Waals surface area contributed by atoms with E-state index >= 15 is 0 Å². The number of nitrogens with one attached hydrogen (secondary N) is 1. The van der Waals surface area contributed by atoms with Crippen LogP contribution in [0, 0.1) is 0 Å². The number of amides is 1. The first-order valence-corrected chi connectivity index (χ1v) is 20.6. The van der Waals surface area contributed by atoms with Crippen molar-refractivity contribution in [1.82, 2.24) is 5.32 Å². The number of phosphoric ester groups is 1. The average Bonchev–Trinajstić information content (AvgIpc) is 3.05. The first kappa shape index (κ1) is 45.7. The summed E-state index contributed by atoms with van der Waals surface area (Å²) >= 11 is 0. The molecule has 0 aliphatic rings. The molecule has 1 amide bonds. The summed E-state index contributed by atoms with van der Waals surface area (Å²) in [6, 6.07) is -0.878. The van der Waals surface area contributed by atoms with E-state index in [2.05, 4.69) is 43.5 Å². The second kappa shape index (κ2) is 34.6. The van der Waals surface area contributed by atoms with Crippen molar-refractivity contribution in [3.05, 3.63) is 36.5 Å². The van der Waals surface area contributed by atoms with Gasteiger partial charge in [-0.05, 0) is 38.5 Å². The van der Waals surface area contributed by atoms with Crippen LogP contribution in [0.1, 0.15) is 168 Å². The molecule has 3 atom stereocenters. The van der Waals surface area contributed by atoms with E-state index in [0.717, 1.165) is 51.4 Å². The van der Waals surface area contributed by atoms with Crippen molar-refractivity contribution < 1.29 is 28.4 Å². The first-order chi connectivity index (χ1) is 22.9. The van der Waals surface area contributed by atoms with Crippen LogP contribution < -0.4 is 11.1 Å². The summed E-state index contributed by atoms with van der Waals surface area (Å²) < 4.78 is 22.0. The molecule has 47 heavy (non-hydrogen) atoms.